The van der Waals surface area contributed by atoms with Gasteiger partial charge in [-0.15, -0.1) is 0 Å². The molecular weight excluding hydrogens is 234 g/mol. The van der Waals surface area contributed by atoms with E-state index in [1.54, 1.807) is 0 Å². The number of hydrogen-bond donors (Lipinski definition) is 1. The molecular formula is C16H19N3. The van der Waals surface area contributed by atoms with E-state index in [-0.39, 0.29) is 0 Å². The summed E-state index contributed by atoms with van der Waals surface area (Å²) in [5.41, 5.74) is 5.18. The van der Waals surface area contributed by atoms with Gasteiger partial charge in [-0.05, 0) is 30.0 Å². The average molecular weight is 253 g/mol. The second kappa shape index (κ2) is 4.92. The molecule has 3 rings (SSSR count). The lowest BCUT2D eigenvalue weighted by atomic mass is 10.1. The van der Waals surface area contributed by atoms with Crippen LogP contribution in [0.25, 0.3) is 0 Å². The average Bonchev–Trinajstić information content (AvgIpc) is 2.83. The van der Waals surface area contributed by atoms with E-state index in [0.29, 0.717) is 6.04 Å². The Morgan fingerprint density at radius 3 is 2.89 bits per heavy atom. The fourth-order valence-corrected chi connectivity index (χ4v) is 2.78. The second-order valence-corrected chi connectivity index (χ2v) is 5.22. The van der Waals surface area contributed by atoms with Crippen molar-refractivity contribution in [3.63, 3.8) is 0 Å². The lowest BCUT2D eigenvalue weighted by molar-refractivity contribution is 0.761. The third-order valence-corrected chi connectivity index (χ3v) is 3.74. The monoisotopic (exact) mass is 253 g/mol. The van der Waals surface area contributed by atoms with Crippen molar-refractivity contribution in [2.24, 2.45) is 0 Å². The lowest BCUT2D eigenvalue weighted by Crippen LogP contribution is -2.14. The highest BCUT2D eigenvalue weighted by atomic mass is 15.1. The minimum absolute atomic E-state index is 0.402. The van der Waals surface area contributed by atoms with Crippen molar-refractivity contribution < 1.29 is 0 Å². The number of fused-ring (bicyclic) bond motifs is 1. The molecule has 1 aromatic carbocycles. The molecule has 0 saturated heterocycles. The fraction of sp³-hybridized carbons (Fsp3) is 0.312. The van der Waals surface area contributed by atoms with Gasteiger partial charge in [0.15, 0.2) is 0 Å². The van der Waals surface area contributed by atoms with Gasteiger partial charge < -0.3 is 10.2 Å². The molecule has 0 radical (unpaired) electrons. The fourth-order valence-electron chi connectivity index (χ4n) is 2.78. The third kappa shape index (κ3) is 2.28. The van der Waals surface area contributed by atoms with Crippen LogP contribution in [0.2, 0.25) is 0 Å². The number of aromatic nitrogens is 1. The van der Waals surface area contributed by atoms with Crippen molar-refractivity contribution in [2.75, 3.05) is 24.3 Å². The van der Waals surface area contributed by atoms with Crippen molar-refractivity contribution in [3.05, 3.63) is 53.9 Å². The molecule has 1 aliphatic rings. The van der Waals surface area contributed by atoms with Crippen LogP contribution in [-0.4, -0.2) is 19.1 Å². The summed E-state index contributed by atoms with van der Waals surface area (Å²) in [5, 5.41) is 3.64. The van der Waals surface area contributed by atoms with Gasteiger partial charge in [0.25, 0.3) is 0 Å². The molecule has 98 valence electrons. The van der Waals surface area contributed by atoms with Crippen molar-refractivity contribution >= 4 is 11.4 Å². The van der Waals surface area contributed by atoms with Gasteiger partial charge in [0.2, 0.25) is 0 Å². The van der Waals surface area contributed by atoms with Crippen LogP contribution in [0, 0.1) is 0 Å². The highest BCUT2D eigenvalue weighted by Crippen LogP contribution is 2.35. The molecule has 0 bridgehead atoms. The van der Waals surface area contributed by atoms with Gasteiger partial charge in [-0.25, -0.2) is 0 Å². The van der Waals surface area contributed by atoms with Gasteiger partial charge in [-0.2, -0.15) is 0 Å². The largest absolute Gasteiger partial charge is 0.376 e. The highest BCUT2D eigenvalue weighted by Gasteiger charge is 2.22. The number of nitrogens with zero attached hydrogens (tertiary/aromatic N) is 2. The maximum Gasteiger partial charge on any atom is 0.0769 e. The number of nitrogens with one attached hydrogen (secondary N) is 1. The molecule has 1 atom stereocenters. The van der Waals surface area contributed by atoms with Crippen molar-refractivity contribution in [3.8, 4) is 0 Å². The summed E-state index contributed by atoms with van der Waals surface area (Å²) in [6.07, 6.45) is 6.06. The number of rotatable bonds is 3. The Bertz CT molecular complexity index is 578. The van der Waals surface area contributed by atoms with E-state index in [4.69, 9.17) is 0 Å². The van der Waals surface area contributed by atoms with Crippen LogP contribution in [0.1, 0.15) is 23.6 Å². The van der Waals surface area contributed by atoms with E-state index in [0.717, 1.165) is 18.5 Å². The van der Waals surface area contributed by atoms with E-state index in [2.05, 4.69) is 53.6 Å². The minimum Gasteiger partial charge on any atom is -0.376 e. The van der Waals surface area contributed by atoms with Crippen molar-refractivity contribution in [1.29, 1.82) is 0 Å². The van der Waals surface area contributed by atoms with Crippen LogP contribution in [0.4, 0.5) is 11.4 Å². The molecule has 0 aliphatic heterocycles. The number of benzene rings is 1. The van der Waals surface area contributed by atoms with Gasteiger partial charge in [0.1, 0.15) is 0 Å². The standard InChI is InChI=1S/C16H19N3/c1-19(2)16-9-10-17-11-15(16)18-14-8-7-12-5-3-4-6-13(12)14/h3-6,9-11,14,18H,7-8H2,1-2H3. The summed E-state index contributed by atoms with van der Waals surface area (Å²) < 4.78 is 0. The van der Waals surface area contributed by atoms with Crippen LogP contribution in [0.3, 0.4) is 0 Å². The zero-order valence-electron chi connectivity index (χ0n) is 11.4. The predicted octanol–water partition coefficient (Wildman–Crippen LogP) is 3.25. The SMILES string of the molecule is CN(C)c1ccncc1NC1CCc2ccccc21. The van der Waals surface area contributed by atoms with Crippen LogP contribution < -0.4 is 10.2 Å². The van der Waals surface area contributed by atoms with Gasteiger partial charge >= 0.3 is 0 Å². The molecule has 1 aliphatic carbocycles. The Morgan fingerprint density at radius 1 is 1.21 bits per heavy atom. The molecule has 1 aromatic heterocycles. The Hall–Kier alpha value is -2.03. The van der Waals surface area contributed by atoms with Crippen molar-refractivity contribution in [1.82, 2.24) is 4.98 Å². The van der Waals surface area contributed by atoms with Gasteiger partial charge in [0, 0.05) is 20.3 Å². The molecule has 1 heterocycles. The quantitative estimate of drug-likeness (QED) is 0.910. The molecule has 1 unspecified atom stereocenters. The summed E-state index contributed by atoms with van der Waals surface area (Å²) in [6, 6.07) is 11.1. The maximum atomic E-state index is 4.24. The second-order valence-electron chi connectivity index (χ2n) is 5.22. The highest BCUT2D eigenvalue weighted by molar-refractivity contribution is 5.69. The summed E-state index contributed by atoms with van der Waals surface area (Å²) in [5.74, 6) is 0. The minimum atomic E-state index is 0.402. The van der Waals surface area contributed by atoms with E-state index in [9.17, 15) is 0 Å². The molecule has 3 heteroatoms. The number of anilines is 2. The molecule has 0 spiro atoms. The summed E-state index contributed by atoms with van der Waals surface area (Å²) in [6.45, 7) is 0. The number of aryl methyl sites for hydroxylation is 1. The van der Waals surface area contributed by atoms with E-state index >= 15 is 0 Å². The topological polar surface area (TPSA) is 28.2 Å². The third-order valence-electron chi connectivity index (χ3n) is 3.74. The number of pyridine rings is 1. The van der Waals surface area contributed by atoms with Gasteiger partial charge in [-0.3, -0.25) is 4.98 Å². The Morgan fingerprint density at radius 2 is 2.05 bits per heavy atom. The lowest BCUT2D eigenvalue weighted by Gasteiger charge is -2.21. The maximum absolute atomic E-state index is 4.24. The summed E-state index contributed by atoms with van der Waals surface area (Å²) in [7, 11) is 4.12. The van der Waals surface area contributed by atoms with E-state index in [1.165, 1.54) is 16.8 Å². The van der Waals surface area contributed by atoms with Crippen LogP contribution >= 0.6 is 0 Å². The molecule has 2 aromatic rings. The van der Waals surface area contributed by atoms with Gasteiger partial charge in [0.05, 0.1) is 23.6 Å². The first kappa shape index (κ1) is 12.0. The molecule has 0 amide bonds. The van der Waals surface area contributed by atoms with Crippen LogP contribution in [-0.2, 0) is 6.42 Å². The van der Waals surface area contributed by atoms with E-state index < -0.39 is 0 Å². The van der Waals surface area contributed by atoms with Crippen LogP contribution in [0.5, 0.6) is 0 Å². The first-order valence-electron chi connectivity index (χ1n) is 6.71. The summed E-state index contributed by atoms with van der Waals surface area (Å²) >= 11 is 0. The first-order valence-corrected chi connectivity index (χ1v) is 6.71. The Balaban J connectivity index is 1.88. The molecule has 1 N–H and O–H groups in total. The normalized spacial score (nSPS) is 17.1. The molecule has 3 nitrogen and oxygen atoms in total. The van der Waals surface area contributed by atoms with Crippen LogP contribution in [0.15, 0.2) is 42.7 Å². The first-order chi connectivity index (χ1) is 9.25. The Labute approximate surface area is 114 Å². The van der Waals surface area contributed by atoms with Gasteiger partial charge in [-0.1, -0.05) is 24.3 Å². The number of hydrogen-bond acceptors (Lipinski definition) is 3. The molecule has 0 saturated carbocycles. The van der Waals surface area contributed by atoms with E-state index in [1.807, 2.05) is 18.5 Å². The summed E-state index contributed by atoms with van der Waals surface area (Å²) in [4.78, 5) is 6.35. The smallest absolute Gasteiger partial charge is 0.0769 e. The molecule has 19 heavy (non-hydrogen) atoms. The van der Waals surface area contributed by atoms with Crippen molar-refractivity contribution in [2.45, 2.75) is 18.9 Å². The zero-order chi connectivity index (χ0) is 13.2. The zero-order valence-corrected chi connectivity index (χ0v) is 11.4. The Kier molecular flexibility index (Phi) is 3.11. The predicted molar refractivity (Wildman–Crippen MR) is 79.7 cm³/mol. The molecule has 0 fully saturated rings.